The number of hydrogen-bond donors (Lipinski definition) is 2. The Bertz CT molecular complexity index is 548. The summed E-state index contributed by atoms with van der Waals surface area (Å²) in [7, 11) is 0. The number of aromatic amines is 1. The Hall–Kier alpha value is -2.43. The zero-order valence-corrected chi connectivity index (χ0v) is 8.31. The molecule has 0 aliphatic heterocycles. The van der Waals surface area contributed by atoms with Crippen molar-refractivity contribution in [1.29, 1.82) is 0 Å². The summed E-state index contributed by atoms with van der Waals surface area (Å²) in [5, 5.41) is 2.53. The molecule has 0 atom stereocenters. The molecule has 2 N–H and O–H groups in total. The third-order valence-electron chi connectivity index (χ3n) is 1.97. The van der Waals surface area contributed by atoms with Crippen molar-refractivity contribution in [3.8, 4) is 0 Å². The van der Waals surface area contributed by atoms with Crippen LogP contribution < -0.4 is 10.9 Å². The molecule has 0 aliphatic carbocycles. The lowest BCUT2D eigenvalue weighted by Gasteiger charge is -2.02. The molecule has 2 aromatic heterocycles. The minimum absolute atomic E-state index is 0.0631. The number of nitrogens with zero attached hydrogens (tertiary/aromatic N) is 1. The lowest BCUT2D eigenvalue weighted by Crippen LogP contribution is -2.22. The molecule has 80 valence electrons. The van der Waals surface area contributed by atoms with Crippen LogP contribution in [-0.2, 0) is 0 Å². The van der Waals surface area contributed by atoms with Crippen LogP contribution >= 0.6 is 0 Å². The second-order valence-electron chi connectivity index (χ2n) is 3.08. The van der Waals surface area contributed by atoms with E-state index in [1.54, 1.807) is 30.5 Å². The van der Waals surface area contributed by atoms with E-state index in [2.05, 4.69) is 15.3 Å². The maximum Gasteiger partial charge on any atom is 0.262 e. The normalized spacial score (nSPS) is 9.75. The highest BCUT2D eigenvalue weighted by atomic mass is 16.2. The summed E-state index contributed by atoms with van der Waals surface area (Å²) in [6.45, 7) is 0. The van der Waals surface area contributed by atoms with E-state index >= 15 is 0 Å². The predicted molar refractivity (Wildman–Crippen MR) is 59.3 cm³/mol. The van der Waals surface area contributed by atoms with Crippen LogP contribution in [0.4, 0.5) is 5.82 Å². The third-order valence-corrected chi connectivity index (χ3v) is 1.97. The number of rotatable bonds is 2. The second kappa shape index (κ2) is 4.39. The molecular formula is C11H9N3O2. The first-order chi connectivity index (χ1) is 7.77. The van der Waals surface area contributed by atoms with Gasteiger partial charge in [-0.2, -0.15) is 0 Å². The molecule has 2 heterocycles. The minimum Gasteiger partial charge on any atom is -0.328 e. The summed E-state index contributed by atoms with van der Waals surface area (Å²) in [6.07, 6.45) is 3.03. The number of carbonyl (C=O) groups excluding carboxylic acids is 1. The van der Waals surface area contributed by atoms with E-state index in [-0.39, 0.29) is 5.56 Å². The van der Waals surface area contributed by atoms with Crippen molar-refractivity contribution in [2.45, 2.75) is 0 Å². The Morgan fingerprint density at radius 3 is 2.81 bits per heavy atom. The van der Waals surface area contributed by atoms with E-state index in [1.165, 1.54) is 12.3 Å². The molecular weight excluding hydrogens is 206 g/mol. The average Bonchev–Trinajstić information content (AvgIpc) is 2.31. The van der Waals surface area contributed by atoms with Gasteiger partial charge in [-0.15, -0.1) is 0 Å². The Labute approximate surface area is 91.2 Å². The van der Waals surface area contributed by atoms with E-state index in [1.807, 2.05) is 0 Å². The Morgan fingerprint density at radius 2 is 2.12 bits per heavy atom. The number of H-pyrrole nitrogens is 1. The van der Waals surface area contributed by atoms with Crippen LogP contribution in [0, 0.1) is 0 Å². The number of carbonyl (C=O) groups is 1. The van der Waals surface area contributed by atoms with Crippen molar-refractivity contribution in [2.75, 3.05) is 5.32 Å². The first kappa shape index (κ1) is 10.1. The zero-order chi connectivity index (χ0) is 11.4. The van der Waals surface area contributed by atoms with Gasteiger partial charge in [-0.3, -0.25) is 9.59 Å². The van der Waals surface area contributed by atoms with E-state index in [0.717, 1.165) is 0 Å². The van der Waals surface area contributed by atoms with Gasteiger partial charge in [-0.1, -0.05) is 6.07 Å². The van der Waals surface area contributed by atoms with Gasteiger partial charge in [-0.25, -0.2) is 4.98 Å². The van der Waals surface area contributed by atoms with E-state index in [0.29, 0.717) is 5.82 Å². The van der Waals surface area contributed by atoms with Crippen LogP contribution in [0.2, 0.25) is 0 Å². The van der Waals surface area contributed by atoms with Crippen molar-refractivity contribution in [2.24, 2.45) is 0 Å². The number of nitrogens with one attached hydrogen (secondary N) is 2. The monoisotopic (exact) mass is 215 g/mol. The SMILES string of the molecule is O=C(Nc1ccccn1)c1ccc[nH]c1=O. The van der Waals surface area contributed by atoms with E-state index in [9.17, 15) is 9.59 Å². The second-order valence-corrected chi connectivity index (χ2v) is 3.08. The average molecular weight is 215 g/mol. The fourth-order valence-electron chi connectivity index (χ4n) is 1.22. The van der Waals surface area contributed by atoms with Gasteiger partial charge < -0.3 is 10.3 Å². The van der Waals surface area contributed by atoms with Gasteiger partial charge in [-0.05, 0) is 24.3 Å². The molecule has 0 bridgehead atoms. The minimum atomic E-state index is -0.472. The first-order valence-electron chi connectivity index (χ1n) is 4.67. The van der Waals surface area contributed by atoms with Crippen molar-refractivity contribution < 1.29 is 4.79 Å². The Balaban J connectivity index is 2.22. The molecule has 0 unspecified atom stereocenters. The van der Waals surface area contributed by atoms with Crippen molar-refractivity contribution in [3.63, 3.8) is 0 Å². The number of hydrogen-bond acceptors (Lipinski definition) is 3. The van der Waals surface area contributed by atoms with Gasteiger partial charge in [0.05, 0.1) is 0 Å². The molecule has 1 amide bonds. The summed E-state index contributed by atoms with van der Waals surface area (Å²) in [5.41, 5.74) is -0.357. The molecule has 16 heavy (non-hydrogen) atoms. The maximum atomic E-state index is 11.7. The van der Waals surface area contributed by atoms with Crippen molar-refractivity contribution in [1.82, 2.24) is 9.97 Å². The smallest absolute Gasteiger partial charge is 0.262 e. The van der Waals surface area contributed by atoms with E-state index < -0.39 is 11.5 Å². The maximum absolute atomic E-state index is 11.7. The molecule has 0 aliphatic rings. The molecule has 0 saturated carbocycles. The topological polar surface area (TPSA) is 74.8 Å². The highest BCUT2D eigenvalue weighted by Crippen LogP contribution is 2.01. The van der Waals surface area contributed by atoms with Gasteiger partial charge in [0.15, 0.2) is 0 Å². The van der Waals surface area contributed by atoms with Crippen LogP contribution in [0.1, 0.15) is 10.4 Å². The molecule has 0 saturated heterocycles. The lowest BCUT2D eigenvalue weighted by molar-refractivity contribution is 0.102. The number of pyridine rings is 2. The number of amides is 1. The molecule has 0 aromatic carbocycles. The molecule has 0 fully saturated rings. The standard InChI is InChI=1S/C11H9N3O2/c15-10-8(4-3-7-13-10)11(16)14-9-5-1-2-6-12-9/h1-7H,(H,13,15)(H,12,14,16). The molecule has 5 nitrogen and oxygen atoms in total. The lowest BCUT2D eigenvalue weighted by atomic mass is 10.2. The van der Waals surface area contributed by atoms with Gasteiger partial charge in [0.2, 0.25) is 0 Å². The highest BCUT2D eigenvalue weighted by Gasteiger charge is 2.09. The Morgan fingerprint density at radius 1 is 1.25 bits per heavy atom. The van der Waals surface area contributed by atoms with Gasteiger partial charge in [0, 0.05) is 12.4 Å². The van der Waals surface area contributed by atoms with Gasteiger partial charge in [0.25, 0.3) is 11.5 Å². The van der Waals surface area contributed by atoms with Crippen LogP contribution in [0.3, 0.4) is 0 Å². The quantitative estimate of drug-likeness (QED) is 0.785. The number of aromatic nitrogens is 2. The highest BCUT2D eigenvalue weighted by molar-refractivity contribution is 6.03. The van der Waals surface area contributed by atoms with Crippen LogP contribution in [-0.4, -0.2) is 15.9 Å². The first-order valence-corrected chi connectivity index (χ1v) is 4.67. The molecule has 2 rings (SSSR count). The fourth-order valence-corrected chi connectivity index (χ4v) is 1.22. The molecule has 0 radical (unpaired) electrons. The van der Waals surface area contributed by atoms with E-state index in [4.69, 9.17) is 0 Å². The zero-order valence-electron chi connectivity index (χ0n) is 8.31. The molecule has 2 aromatic rings. The third kappa shape index (κ3) is 2.14. The van der Waals surface area contributed by atoms with Crippen molar-refractivity contribution in [3.05, 3.63) is 58.6 Å². The van der Waals surface area contributed by atoms with Crippen molar-refractivity contribution >= 4 is 11.7 Å². The predicted octanol–water partition coefficient (Wildman–Crippen LogP) is 1.02. The van der Waals surface area contributed by atoms with Gasteiger partial charge >= 0.3 is 0 Å². The summed E-state index contributed by atoms with van der Waals surface area (Å²) in [4.78, 5) is 29.3. The molecule has 0 spiro atoms. The summed E-state index contributed by atoms with van der Waals surface area (Å²) >= 11 is 0. The summed E-state index contributed by atoms with van der Waals surface area (Å²) in [6, 6.07) is 8.18. The molecule has 5 heteroatoms. The van der Waals surface area contributed by atoms with Gasteiger partial charge in [0.1, 0.15) is 11.4 Å². The van der Waals surface area contributed by atoms with Crippen LogP contribution in [0.25, 0.3) is 0 Å². The summed E-state index contributed by atoms with van der Waals surface area (Å²) in [5.74, 6) is -0.0590. The largest absolute Gasteiger partial charge is 0.328 e. The Kier molecular flexibility index (Phi) is 2.77. The van der Waals surface area contributed by atoms with Crippen LogP contribution in [0.15, 0.2) is 47.5 Å². The van der Waals surface area contributed by atoms with Crippen LogP contribution in [0.5, 0.6) is 0 Å². The summed E-state index contributed by atoms with van der Waals surface area (Å²) < 4.78 is 0. The fraction of sp³-hybridized carbons (Fsp3) is 0. The number of anilines is 1.